The first-order valence-electron chi connectivity index (χ1n) is 6.99. The number of benzene rings is 2. The van der Waals surface area contributed by atoms with Crippen molar-refractivity contribution >= 4 is 15.9 Å². The van der Waals surface area contributed by atoms with Crippen LogP contribution in [0.5, 0.6) is 5.75 Å². The van der Waals surface area contributed by atoms with Crippen LogP contribution in [0.15, 0.2) is 46.9 Å². The number of rotatable bonds is 6. The van der Waals surface area contributed by atoms with Gasteiger partial charge in [0.2, 0.25) is 0 Å². The summed E-state index contributed by atoms with van der Waals surface area (Å²) in [6, 6.07) is 12.4. The molecule has 0 saturated heterocycles. The molecule has 0 aliphatic rings. The smallest absolute Gasteiger partial charge is 0.123 e. The first-order valence-corrected chi connectivity index (χ1v) is 7.79. The van der Waals surface area contributed by atoms with E-state index in [-0.39, 0.29) is 11.9 Å². The van der Waals surface area contributed by atoms with E-state index in [1.165, 1.54) is 12.1 Å². The van der Waals surface area contributed by atoms with Gasteiger partial charge in [0.1, 0.15) is 18.2 Å². The minimum absolute atomic E-state index is 0.118. The number of halogens is 2. The highest BCUT2D eigenvalue weighted by Gasteiger charge is 2.09. The lowest BCUT2D eigenvalue weighted by molar-refractivity contribution is 0.302. The highest BCUT2D eigenvalue weighted by atomic mass is 79.9. The van der Waals surface area contributed by atoms with Crippen molar-refractivity contribution in [2.75, 3.05) is 0 Å². The van der Waals surface area contributed by atoms with Crippen molar-refractivity contribution in [2.45, 2.75) is 32.4 Å². The monoisotopic (exact) mass is 351 g/mol. The van der Waals surface area contributed by atoms with Crippen LogP contribution in [0.1, 0.15) is 24.5 Å². The fourth-order valence-corrected chi connectivity index (χ4v) is 2.43. The van der Waals surface area contributed by atoms with E-state index in [2.05, 4.69) is 22.9 Å². The SMILES string of the molecule is CCC(N)Cc1cc(Br)ccc1OCc1ccc(F)cc1. The Labute approximate surface area is 133 Å². The molecule has 2 nitrogen and oxygen atoms in total. The van der Waals surface area contributed by atoms with Gasteiger partial charge in [0.15, 0.2) is 0 Å². The molecule has 0 radical (unpaired) electrons. The summed E-state index contributed by atoms with van der Waals surface area (Å²) in [6.45, 7) is 2.48. The first kappa shape index (κ1) is 16.0. The molecule has 1 atom stereocenters. The largest absolute Gasteiger partial charge is 0.489 e. The number of hydrogen-bond acceptors (Lipinski definition) is 2. The van der Waals surface area contributed by atoms with E-state index in [4.69, 9.17) is 10.5 Å². The molecule has 2 N–H and O–H groups in total. The first-order chi connectivity index (χ1) is 10.1. The molecule has 0 amide bonds. The van der Waals surface area contributed by atoms with Crippen molar-refractivity contribution < 1.29 is 9.13 Å². The second-order valence-electron chi connectivity index (χ2n) is 5.04. The predicted molar refractivity (Wildman–Crippen MR) is 86.8 cm³/mol. The Bertz CT molecular complexity index is 586. The molecule has 0 aromatic heterocycles. The van der Waals surface area contributed by atoms with Crippen molar-refractivity contribution in [1.29, 1.82) is 0 Å². The summed E-state index contributed by atoms with van der Waals surface area (Å²) < 4.78 is 19.8. The van der Waals surface area contributed by atoms with Crippen molar-refractivity contribution in [2.24, 2.45) is 5.73 Å². The molecule has 0 bridgehead atoms. The van der Waals surface area contributed by atoms with E-state index in [0.29, 0.717) is 6.61 Å². The Morgan fingerprint density at radius 3 is 2.57 bits per heavy atom. The normalized spacial score (nSPS) is 12.2. The highest BCUT2D eigenvalue weighted by molar-refractivity contribution is 9.10. The van der Waals surface area contributed by atoms with Crippen molar-refractivity contribution in [3.05, 3.63) is 63.9 Å². The van der Waals surface area contributed by atoms with Gasteiger partial charge in [0, 0.05) is 10.5 Å². The van der Waals surface area contributed by atoms with Gasteiger partial charge >= 0.3 is 0 Å². The molecule has 21 heavy (non-hydrogen) atoms. The molecule has 0 spiro atoms. The summed E-state index contributed by atoms with van der Waals surface area (Å²) >= 11 is 3.47. The van der Waals surface area contributed by atoms with E-state index >= 15 is 0 Å². The van der Waals surface area contributed by atoms with Crippen LogP contribution in [-0.4, -0.2) is 6.04 Å². The van der Waals surface area contributed by atoms with Crippen molar-refractivity contribution in [1.82, 2.24) is 0 Å². The van der Waals surface area contributed by atoms with E-state index in [1.807, 2.05) is 18.2 Å². The Hall–Kier alpha value is -1.39. The van der Waals surface area contributed by atoms with Crippen LogP contribution < -0.4 is 10.5 Å². The molecule has 0 aliphatic heterocycles. The van der Waals surface area contributed by atoms with Gasteiger partial charge in [0.05, 0.1) is 0 Å². The van der Waals surface area contributed by atoms with Gasteiger partial charge in [-0.3, -0.25) is 0 Å². The van der Waals surface area contributed by atoms with Gasteiger partial charge in [-0.05, 0) is 54.3 Å². The molecule has 0 aliphatic carbocycles. The molecule has 0 heterocycles. The lowest BCUT2D eigenvalue weighted by Gasteiger charge is -2.15. The Kier molecular flexibility index (Phi) is 5.76. The van der Waals surface area contributed by atoms with E-state index in [9.17, 15) is 4.39 Å². The molecular formula is C17H19BrFNO. The third kappa shape index (κ3) is 4.83. The highest BCUT2D eigenvalue weighted by Crippen LogP contribution is 2.25. The van der Waals surface area contributed by atoms with Crippen molar-refractivity contribution in [3.63, 3.8) is 0 Å². The third-order valence-corrected chi connectivity index (χ3v) is 3.83. The Morgan fingerprint density at radius 1 is 1.19 bits per heavy atom. The molecule has 0 saturated carbocycles. The summed E-state index contributed by atoms with van der Waals surface area (Å²) in [7, 11) is 0. The minimum Gasteiger partial charge on any atom is -0.489 e. The number of ether oxygens (including phenoxy) is 1. The average molecular weight is 352 g/mol. The Morgan fingerprint density at radius 2 is 1.90 bits per heavy atom. The summed E-state index contributed by atoms with van der Waals surface area (Å²) in [5, 5.41) is 0. The Balaban J connectivity index is 2.09. The second-order valence-corrected chi connectivity index (χ2v) is 5.96. The zero-order valence-electron chi connectivity index (χ0n) is 12.0. The molecule has 2 rings (SSSR count). The summed E-state index contributed by atoms with van der Waals surface area (Å²) in [5.41, 5.74) is 8.05. The summed E-state index contributed by atoms with van der Waals surface area (Å²) in [4.78, 5) is 0. The maximum absolute atomic E-state index is 12.9. The lowest BCUT2D eigenvalue weighted by atomic mass is 10.0. The fourth-order valence-electron chi connectivity index (χ4n) is 2.02. The van der Waals surface area contributed by atoms with E-state index in [0.717, 1.165) is 34.2 Å². The molecule has 2 aromatic rings. The topological polar surface area (TPSA) is 35.2 Å². The van der Waals surface area contributed by atoms with Crippen LogP contribution in [0.4, 0.5) is 4.39 Å². The number of nitrogens with two attached hydrogens (primary N) is 1. The molecule has 112 valence electrons. The zero-order valence-corrected chi connectivity index (χ0v) is 13.6. The van der Waals surface area contributed by atoms with Gasteiger partial charge in [-0.2, -0.15) is 0 Å². The summed E-state index contributed by atoms with van der Waals surface area (Å²) in [5.74, 6) is 0.587. The van der Waals surface area contributed by atoms with E-state index < -0.39 is 0 Å². The van der Waals surface area contributed by atoms with Gasteiger partial charge in [-0.1, -0.05) is 35.0 Å². The molecule has 2 aromatic carbocycles. The van der Waals surface area contributed by atoms with Crippen molar-refractivity contribution in [3.8, 4) is 5.75 Å². The lowest BCUT2D eigenvalue weighted by Crippen LogP contribution is -2.21. The minimum atomic E-state index is -0.239. The summed E-state index contributed by atoms with van der Waals surface area (Å²) in [6.07, 6.45) is 1.69. The van der Waals surface area contributed by atoms with Crippen LogP contribution in [-0.2, 0) is 13.0 Å². The standard InChI is InChI=1S/C17H19BrFNO/c1-2-16(20)10-13-9-14(18)5-8-17(13)21-11-12-3-6-15(19)7-4-12/h3-9,16H,2,10-11,20H2,1H3. The van der Waals surface area contributed by atoms with Gasteiger partial charge in [0.25, 0.3) is 0 Å². The van der Waals surface area contributed by atoms with Crippen LogP contribution in [0, 0.1) is 5.82 Å². The van der Waals surface area contributed by atoms with Crippen LogP contribution >= 0.6 is 15.9 Å². The molecule has 0 fully saturated rings. The van der Waals surface area contributed by atoms with Crippen LogP contribution in [0.2, 0.25) is 0 Å². The molecule has 4 heteroatoms. The number of hydrogen-bond donors (Lipinski definition) is 1. The average Bonchev–Trinajstić information content (AvgIpc) is 2.48. The maximum Gasteiger partial charge on any atom is 0.123 e. The molecule has 1 unspecified atom stereocenters. The maximum atomic E-state index is 12.9. The van der Waals surface area contributed by atoms with Crippen LogP contribution in [0.3, 0.4) is 0 Å². The molecular weight excluding hydrogens is 333 g/mol. The van der Waals surface area contributed by atoms with Gasteiger partial charge in [-0.15, -0.1) is 0 Å². The third-order valence-electron chi connectivity index (χ3n) is 3.34. The second kappa shape index (κ2) is 7.57. The quantitative estimate of drug-likeness (QED) is 0.834. The van der Waals surface area contributed by atoms with Gasteiger partial charge < -0.3 is 10.5 Å². The van der Waals surface area contributed by atoms with E-state index in [1.54, 1.807) is 12.1 Å². The zero-order chi connectivity index (χ0) is 15.2. The van der Waals surface area contributed by atoms with Gasteiger partial charge in [-0.25, -0.2) is 4.39 Å². The fraction of sp³-hybridized carbons (Fsp3) is 0.294. The van der Waals surface area contributed by atoms with Crippen LogP contribution in [0.25, 0.3) is 0 Å². The predicted octanol–water partition coefficient (Wildman–Crippen LogP) is 4.45.